The summed E-state index contributed by atoms with van der Waals surface area (Å²) in [6.45, 7) is 1.62. The SMILES string of the molecule is CNC1(CC(=O)N2CCOCC2CO)CCCCC1. The summed E-state index contributed by atoms with van der Waals surface area (Å²) in [5, 5.41) is 12.7. The number of nitrogens with zero attached hydrogens (tertiary/aromatic N) is 1. The molecular weight excluding hydrogens is 244 g/mol. The monoisotopic (exact) mass is 270 g/mol. The average molecular weight is 270 g/mol. The van der Waals surface area contributed by atoms with Gasteiger partial charge in [-0.1, -0.05) is 19.3 Å². The van der Waals surface area contributed by atoms with Crippen LogP contribution < -0.4 is 5.32 Å². The molecule has 0 spiro atoms. The lowest BCUT2D eigenvalue weighted by Gasteiger charge is -2.40. The molecule has 1 saturated carbocycles. The van der Waals surface area contributed by atoms with Gasteiger partial charge >= 0.3 is 0 Å². The molecule has 0 radical (unpaired) electrons. The molecule has 1 heterocycles. The predicted molar refractivity (Wildman–Crippen MR) is 72.9 cm³/mol. The van der Waals surface area contributed by atoms with Crippen molar-refractivity contribution >= 4 is 5.91 Å². The Morgan fingerprint density at radius 3 is 2.79 bits per heavy atom. The van der Waals surface area contributed by atoms with E-state index in [-0.39, 0.29) is 24.1 Å². The number of carbonyl (C=O) groups excluding carboxylic acids is 1. The van der Waals surface area contributed by atoms with E-state index in [2.05, 4.69) is 5.32 Å². The summed E-state index contributed by atoms with van der Waals surface area (Å²) in [5.74, 6) is 0.151. The van der Waals surface area contributed by atoms with Crippen molar-refractivity contribution in [3.05, 3.63) is 0 Å². The molecule has 2 fully saturated rings. The van der Waals surface area contributed by atoms with Crippen LogP contribution in [0.3, 0.4) is 0 Å². The molecule has 2 rings (SSSR count). The third-order valence-corrected chi connectivity index (χ3v) is 4.59. The van der Waals surface area contributed by atoms with E-state index < -0.39 is 0 Å². The average Bonchev–Trinajstić information content (AvgIpc) is 2.48. The third kappa shape index (κ3) is 3.46. The second-order valence-electron chi connectivity index (χ2n) is 5.77. The van der Waals surface area contributed by atoms with Gasteiger partial charge in [0.2, 0.25) is 5.91 Å². The summed E-state index contributed by atoms with van der Waals surface area (Å²) in [5.41, 5.74) is -0.0341. The van der Waals surface area contributed by atoms with E-state index in [0.717, 1.165) is 12.8 Å². The van der Waals surface area contributed by atoms with Gasteiger partial charge in [0, 0.05) is 18.5 Å². The number of nitrogens with one attached hydrogen (secondary N) is 1. The Kier molecular flexibility index (Phi) is 5.19. The molecule has 1 aliphatic carbocycles. The molecule has 1 unspecified atom stereocenters. The summed E-state index contributed by atoms with van der Waals surface area (Å²) in [7, 11) is 1.96. The van der Waals surface area contributed by atoms with Crippen LogP contribution in [-0.2, 0) is 9.53 Å². The van der Waals surface area contributed by atoms with Crippen molar-refractivity contribution in [3.8, 4) is 0 Å². The van der Waals surface area contributed by atoms with E-state index in [1.54, 1.807) is 4.90 Å². The first kappa shape index (κ1) is 14.8. The highest BCUT2D eigenvalue weighted by atomic mass is 16.5. The molecule has 0 bridgehead atoms. The van der Waals surface area contributed by atoms with Crippen LogP contribution in [0.5, 0.6) is 0 Å². The number of carbonyl (C=O) groups is 1. The van der Waals surface area contributed by atoms with Gasteiger partial charge in [0.25, 0.3) is 0 Å². The number of aliphatic hydroxyl groups is 1. The maximum Gasteiger partial charge on any atom is 0.224 e. The Bertz CT molecular complexity index is 303. The topological polar surface area (TPSA) is 61.8 Å². The van der Waals surface area contributed by atoms with Crippen LogP contribution in [0.2, 0.25) is 0 Å². The van der Waals surface area contributed by atoms with E-state index in [9.17, 15) is 9.90 Å². The van der Waals surface area contributed by atoms with Crippen molar-refractivity contribution in [1.29, 1.82) is 0 Å². The number of aliphatic hydroxyl groups excluding tert-OH is 1. The number of hydrogen-bond donors (Lipinski definition) is 2. The molecule has 19 heavy (non-hydrogen) atoms. The van der Waals surface area contributed by atoms with Gasteiger partial charge in [0.05, 0.1) is 25.9 Å². The van der Waals surface area contributed by atoms with E-state index in [4.69, 9.17) is 4.74 Å². The molecule has 1 atom stereocenters. The molecule has 0 aromatic carbocycles. The predicted octanol–water partition coefficient (Wildman–Crippen LogP) is 0.518. The Balaban J connectivity index is 1.98. The lowest BCUT2D eigenvalue weighted by atomic mass is 9.79. The van der Waals surface area contributed by atoms with E-state index in [1.165, 1.54) is 19.3 Å². The second kappa shape index (κ2) is 6.68. The summed E-state index contributed by atoms with van der Waals surface area (Å²) in [6, 6.07) is -0.168. The van der Waals surface area contributed by atoms with Gasteiger partial charge in [-0.25, -0.2) is 0 Å². The second-order valence-corrected chi connectivity index (χ2v) is 5.77. The van der Waals surface area contributed by atoms with Gasteiger partial charge in [-0.15, -0.1) is 0 Å². The summed E-state index contributed by atoms with van der Waals surface area (Å²) in [6.07, 6.45) is 6.35. The quantitative estimate of drug-likeness (QED) is 0.782. The highest BCUT2D eigenvalue weighted by Gasteiger charge is 2.36. The van der Waals surface area contributed by atoms with Crippen molar-refractivity contribution in [2.45, 2.75) is 50.1 Å². The molecule has 1 saturated heterocycles. The minimum absolute atomic E-state index is 0.0156. The first-order valence-corrected chi connectivity index (χ1v) is 7.38. The number of rotatable bonds is 4. The Morgan fingerprint density at radius 2 is 2.16 bits per heavy atom. The first-order chi connectivity index (χ1) is 9.21. The molecule has 5 heteroatoms. The van der Waals surface area contributed by atoms with Crippen LogP contribution in [0.25, 0.3) is 0 Å². The first-order valence-electron chi connectivity index (χ1n) is 7.38. The van der Waals surface area contributed by atoms with Gasteiger partial charge in [-0.3, -0.25) is 4.79 Å². The molecule has 2 aliphatic rings. The zero-order chi connectivity index (χ0) is 13.7. The number of morpholine rings is 1. The molecule has 1 amide bonds. The smallest absolute Gasteiger partial charge is 0.224 e. The highest BCUT2D eigenvalue weighted by molar-refractivity contribution is 5.78. The molecule has 5 nitrogen and oxygen atoms in total. The number of amides is 1. The van der Waals surface area contributed by atoms with Crippen molar-refractivity contribution in [2.24, 2.45) is 0 Å². The minimum atomic E-state index is -0.168. The lowest BCUT2D eigenvalue weighted by Crippen LogP contribution is -2.54. The van der Waals surface area contributed by atoms with E-state index >= 15 is 0 Å². The summed E-state index contributed by atoms with van der Waals surface area (Å²) < 4.78 is 5.33. The molecule has 1 aliphatic heterocycles. The Labute approximate surface area is 115 Å². The Morgan fingerprint density at radius 1 is 1.42 bits per heavy atom. The van der Waals surface area contributed by atoms with Gasteiger partial charge in [0.1, 0.15) is 0 Å². The van der Waals surface area contributed by atoms with E-state index in [0.29, 0.717) is 26.2 Å². The fraction of sp³-hybridized carbons (Fsp3) is 0.929. The third-order valence-electron chi connectivity index (χ3n) is 4.59. The van der Waals surface area contributed by atoms with Gasteiger partial charge in [-0.2, -0.15) is 0 Å². The standard InChI is InChI=1S/C14H26N2O3/c1-15-14(5-3-2-4-6-14)9-13(18)16-7-8-19-11-12(16)10-17/h12,15,17H,2-11H2,1H3. The van der Waals surface area contributed by atoms with Crippen molar-refractivity contribution in [2.75, 3.05) is 33.4 Å². The lowest BCUT2D eigenvalue weighted by molar-refractivity contribution is -0.143. The molecular formula is C14H26N2O3. The fourth-order valence-electron chi connectivity index (χ4n) is 3.27. The van der Waals surface area contributed by atoms with Crippen molar-refractivity contribution in [3.63, 3.8) is 0 Å². The largest absolute Gasteiger partial charge is 0.394 e. The highest BCUT2D eigenvalue weighted by Crippen LogP contribution is 2.31. The molecule has 0 aromatic heterocycles. The van der Waals surface area contributed by atoms with Crippen LogP contribution in [0.4, 0.5) is 0 Å². The van der Waals surface area contributed by atoms with Gasteiger partial charge in [-0.05, 0) is 19.9 Å². The summed E-state index contributed by atoms with van der Waals surface area (Å²) >= 11 is 0. The Hall–Kier alpha value is -0.650. The van der Waals surface area contributed by atoms with Crippen LogP contribution in [0, 0.1) is 0 Å². The van der Waals surface area contributed by atoms with Gasteiger partial charge in [0.15, 0.2) is 0 Å². The van der Waals surface area contributed by atoms with Crippen LogP contribution in [0.15, 0.2) is 0 Å². The molecule has 2 N–H and O–H groups in total. The number of hydrogen-bond acceptors (Lipinski definition) is 4. The van der Waals surface area contributed by atoms with Gasteiger partial charge < -0.3 is 20.1 Å². The van der Waals surface area contributed by atoms with Crippen LogP contribution >= 0.6 is 0 Å². The normalized spacial score (nSPS) is 27.3. The minimum Gasteiger partial charge on any atom is -0.394 e. The zero-order valence-electron chi connectivity index (χ0n) is 11.9. The zero-order valence-corrected chi connectivity index (χ0v) is 11.9. The number of ether oxygens (including phenoxy) is 1. The molecule has 0 aromatic rings. The van der Waals surface area contributed by atoms with Crippen LogP contribution in [0.1, 0.15) is 38.5 Å². The van der Waals surface area contributed by atoms with Crippen molar-refractivity contribution < 1.29 is 14.6 Å². The van der Waals surface area contributed by atoms with Crippen LogP contribution in [-0.4, -0.2) is 60.9 Å². The fourth-order valence-corrected chi connectivity index (χ4v) is 3.27. The summed E-state index contributed by atoms with van der Waals surface area (Å²) in [4.78, 5) is 14.3. The maximum absolute atomic E-state index is 12.5. The van der Waals surface area contributed by atoms with E-state index in [1.807, 2.05) is 7.05 Å². The molecule has 110 valence electrons. The maximum atomic E-state index is 12.5. The van der Waals surface area contributed by atoms with Crippen molar-refractivity contribution in [1.82, 2.24) is 10.2 Å².